The second-order valence-electron chi connectivity index (χ2n) is 10.6. The SMILES string of the molecule is CCOC(=O)COc1ccc(SCc2sc(-c3ccc(C(F)(F)F)cc3)cc2COc2ccc(-c3ccc(C)cc3)cc2)cc1C. The number of aryl methyl sites for hydroxylation is 2. The Hall–Kier alpha value is -4.21. The molecule has 5 rings (SSSR count). The third-order valence-electron chi connectivity index (χ3n) is 7.19. The molecule has 0 bridgehead atoms. The molecular weight excluding hydrogens is 630 g/mol. The molecule has 0 N–H and O–H groups in total. The number of benzene rings is 4. The van der Waals surface area contributed by atoms with Gasteiger partial charge in [0.2, 0.25) is 0 Å². The Bertz CT molecular complexity index is 1760. The molecule has 46 heavy (non-hydrogen) atoms. The van der Waals surface area contributed by atoms with Crippen LogP contribution in [0.15, 0.2) is 102 Å². The van der Waals surface area contributed by atoms with Crippen LogP contribution in [0.3, 0.4) is 0 Å². The number of alkyl halides is 3. The monoisotopic (exact) mass is 662 g/mol. The Morgan fingerprint density at radius 2 is 1.46 bits per heavy atom. The average Bonchev–Trinajstić information content (AvgIpc) is 3.46. The number of hydrogen-bond donors (Lipinski definition) is 0. The van der Waals surface area contributed by atoms with Crippen molar-refractivity contribution in [1.82, 2.24) is 0 Å². The molecule has 0 aliphatic carbocycles. The zero-order chi connectivity index (χ0) is 32.7. The van der Waals surface area contributed by atoms with Crippen LogP contribution in [0, 0.1) is 13.8 Å². The van der Waals surface area contributed by atoms with E-state index in [1.807, 2.05) is 55.5 Å². The summed E-state index contributed by atoms with van der Waals surface area (Å²) in [6.07, 6.45) is -4.39. The van der Waals surface area contributed by atoms with Crippen molar-refractivity contribution in [2.45, 2.75) is 44.2 Å². The van der Waals surface area contributed by atoms with Crippen molar-refractivity contribution in [2.24, 2.45) is 0 Å². The first-order valence-corrected chi connectivity index (χ1v) is 16.5. The first-order chi connectivity index (χ1) is 22.1. The van der Waals surface area contributed by atoms with Gasteiger partial charge in [0.1, 0.15) is 18.1 Å². The summed E-state index contributed by atoms with van der Waals surface area (Å²) in [6, 6.07) is 29.3. The molecule has 1 aromatic heterocycles. The molecule has 0 unspecified atom stereocenters. The topological polar surface area (TPSA) is 44.8 Å². The molecule has 9 heteroatoms. The van der Waals surface area contributed by atoms with Crippen molar-refractivity contribution in [1.29, 1.82) is 0 Å². The number of carbonyl (C=O) groups excluding carboxylic acids is 1. The van der Waals surface area contributed by atoms with Gasteiger partial charge in [0.25, 0.3) is 0 Å². The quantitative estimate of drug-likeness (QED) is 0.0983. The molecular formula is C37H33F3O4S2. The predicted molar refractivity (Wildman–Crippen MR) is 179 cm³/mol. The van der Waals surface area contributed by atoms with Crippen LogP contribution in [0.2, 0.25) is 0 Å². The van der Waals surface area contributed by atoms with Gasteiger partial charge >= 0.3 is 12.1 Å². The van der Waals surface area contributed by atoms with E-state index in [0.717, 1.165) is 60.3 Å². The summed E-state index contributed by atoms with van der Waals surface area (Å²) in [4.78, 5) is 14.6. The summed E-state index contributed by atoms with van der Waals surface area (Å²) in [6.45, 7) is 6.19. The molecule has 0 aliphatic heterocycles. The van der Waals surface area contributed by atoms with E-state index < -0.39 is 17.7 Å². The van der Waals surface area contributed by atoms with E-state index in [1.54, 1.807) is 30.0 Å². The lowest BCUT2D eigenvalue weighted by atomic mass is 10.0. The Morgan fingerprint density at radius 1 is 0.804 bits per heavy atom. The number of esters is 1. The fraction of sp³-hybridized carbons (Fsp3) is 0.216. The lowest BCUT2D eigenvalue weighted by molar-refractivity contribution is -0.145. The number of hydrogen-bond acceptors (Lipinski definition) is 6. The predicted octanol–water partition coefficient (Wildman–Crippen LogP) is 10.5. The highest BCUT2D eigenvalue weighted by atomic mass is 32.2. The summed E-state index contributed by atoms with van der Waals surface area (Å²) < 4.78 is 56.2. The van der Waals surface area contributed by atoms with E-state index in [1.165, 1.54) is 17.7 Å². The molecule has 238 valence electrons. The molecule has 0 spiro atoms. The van der Waals surface area contributed by atoms with Crippen LogP contribution >= 0.6 is 23.1 Å². The summed E-state index contributed by atoms with van der Waals surface area (Å²) in [7, 11) is 0. The summed E-state index contributed by atoms with van der Waals surface area (Å²) in [5, 5.41) is 0. The zero-order valence-electron chi connectivity index (χ0n) is 25.6. The highest BCUT2D eigenvalue weighted by Gasteiger charge is 2.30. The van der Waals surface area contributed by atoms with Crippen LogP contribution in [0.25, 0.3) is 21.6 Å². The zero-order valence-corrected chi connectivity index (χ0v) is 27.3. The van der Waals surface area contributed by atoms with E-state index in [4.69, 9.17) is 14.2 Å². The Morgan fingerprint density at radius 3 is 2.09 bits per heavy atom. The highest BCUT2D eigenvalue weighted by Crippen LogP contribution is 2.38. The van der Waals surface area contributed by atoms with Gasteiger partial charge in [0.05, 0.1) is 12.2 Å². The molecule has 0 fully saturated rings. The third-order valence-corrected chi connectivity index (χ3v) is 9.62. The maximum Gasteiger partial charge on any atom is 0.416 e. The van der Waals surface area contributed by atoms with Crippen molar-refractivity contribution in [3.05, 3.63) is 124 Å². The van der Waals surface area contributed by atoms with Gasteiger partial charge in [-0.25, -0.2) is 4.79 Å². The van der Waals surface area contributed by atoms with Gasteiger partial charge in [-0.15, -0.1) is 23.1 Å². The largest absolute Gasteiger partial charge is 0.489 e. The van der Waals surface area contributed by atoms with Gasteiger partial charge in [-0.2, -0.15) is 13.2 Å². The van der Waals surface area contributed by atoms with Gasteiger partial charge < -0.3 is 14.2 Å². The van der Waals surface area contributed by atoms with Gasteiger partial charge in [-0.05, 0) is 91.6 Å². The first kappa shape index (κ1) is 33.2. The third kappa shape index (κ3) is 8.73. The van der Waals surface area contributed by atoms with E-state index in [2.05, 4.69) is 31.2 Å². The Balaban J connectivity index is 1.32. The molecule has 0 saturated carbocycles. The molecule has 0 radical (unpaired) electrons. The lowest BCUT2D eigenvalue weighted by Gasteiger charge is -2.11. The van der Waals surface area contributed by atoms with Crippen molar-refractivity contribution in [3.8, 4) is 33.1 Å². The van der Waals surface area contributed by atoms with Crippen molar-refractivity contribution in [2.75, 3.05) is 13.2 Å². The number of ether oxygens (including phenoxy) is 3. The minimum Gasteiger partial charge on any atom is -0.489 e. The average molecular weight is 663 g/mol. The molecule has 0 atom stereocenters. The van der Waals surface area contributed by atoms with Crippen LogP contribution in [0.5, 0.6) is 11.5 Å². The Kier molecular flexibility index (Phi) is 10.8. The smallest absolute Gasteiger partial charge is 0.416 e. The van der Waals surface area contributed by atoms with E-state index >= 15 is 0 Å². The lowest BCUT2D eigenvalue weighted by Crippen LogP contribution is -2.14. The molecule has 5 aromatic rings. The van der Waals surface area contributed by atoms with Crippen LogP contribution in [0.1, 0.15) is 34.1 Å². The maximum absolute atomic E-state index is 13.2. The molecule has 0 saturated heterocycles. The number of halogens is 3. The fourth-order valence-corrected chi connectivity index (χ4v) is 6.98. The van der Waals surface area contributed by atoms with Gasteiger partial charge in [-0.1, -0.05) is 54.1 Å². The van der Waals surface area contributed by atoms with Gasteiger partial charge in [-0.3, -0.25) is 0 Å². The molecule has 0 amide bonds. The normalized spacial score (nSPS) is 11.3. The molecule has 4 aromatic carbocycles. The van der Waals surface area contributed by atoms with Gasteiger partial charge in [0.15, 0.2) is 6.61 Å². The summed E-state index contributed by atoms with van der Waals surface area (Å²) in [5.41, 5.74) is 5.34. The first-order valence-electron chi connectivity index (χ1n) is 14.7. The van der Waals surface area contributed by atoms with E-state index in [-0.39, 0.29) is 6.61 Å². The van der Waals surface area contributed by atoms with Crippen molar-refractivity contribution < 1.29 is 32.2 Å². The van der Waals surface area contributed by atoms with Gasteiger partial charge in [0, 0.05) is 26.0 Å². The van der Waals surface area contributed by atoms with Crippen LogP contribution in [-0.4, -0.2) is 19.2 Å². The van der Waals surface area contributed by atoms with Crippen LogP contribution in [-0.2, 0) is 28.1 Å². The standard InChI is InChI=1S/C37H33F3O4S2/c1-4-42-36(41)22-44-33-18-17-32(19-25(33)3)45-23-35-29(20-34(46-35)28-9-13-30(14-10-28)37(38,39)40)21-43-31-15-11-27(12-16-31)26-7-5-24(2)6-8-26/h5-20H,4,21-23H2,1-3H3. The second kappa shape index (κ2) is 14.9. The Labute approximate surface area is 275 Å². The number of thiophene rings is 1. The van der Waals surface area contributed by atoms with E-state index in [0.29, 0.717) is 24.7 Å². The molecule has 4 nitrogen and oxygen atoms in total. The van der Waals surface area contributed by atoms with Crippen LogP contribution in [0.4, 0.5) is 13.2 Å². The van der Waals surface area contributed by atoms with Crippen molar-refractivity contribution in [3.63, 3.8) is 0 Å². The van der Waals surface area contributed by atoms with Crippen LogP contribution < -0.4 is 9.47 Å². The minimum absolute atomic E-state index is 0.152. The number of carbonyl (C=O) groups is 1. The number of thioether (sulfide) groups is 1. The summed E-state index contributed by atoms with van der Waals surface area (Å²) >= 11 is 3.18. The summed E-state index contributed by atoms with van der Waals surface area (Å²) in [5.74, 6) is 1.56. The molecule has 0 aliphatic rings. The molecule has 1 heterocycles. The van der Waals surface area contributed by atoms with E-state index in [9.17, 15) is 18.0 Å². The highest BCUT2D eigenvalue weighted by molar-refractivity contribution is 7.98. The maximum atomic E-state index is 13.2. The minimum atomic E-state index is -4.39. The van der Waals surface area contributed by atoms with Crippen molar-refractivity contribution >= 4 is 29.1 Å². The number of rotatable bonds is 12. The second-order valence-corrected chi connectivity index (χ2v) is 12.8. The fourth-order valence-electron chi connectivity index (χ4n) is 4.69.